The van der Waals surface area contributed by atoms with Crippen molar-refractivity contribution in [2.24, 2.45) is 0 Å². The second kappa shape index (κ2) is 7.88. The molecule has 5 aromatic rings. The maximum absolute atomic E-state index is 13.2. The number of benzene rings is 3. The van der Waals surface area contributed by atoms with Crippen LogP contribution in [0.3, 0.4) is 0 Å². The number of imidazole rings is 1. The molecule has 0 fully saturated rings. The number of H-pyrrole nitrogens is 3. The number of nitrogens with zero attached hydrogens (tertiary/aromatic N) is 1. The number of anilines is 1. The minimum Gasteiger partial charge on any atom is -0.358 e. The zero-order valence-corrected chi connectivity index (χ0v) is 19.3. The van der Waals surface area contributed by atoms with Gasteiger partial charge >= 0.3 is 5.69 Å². The molecular weight excluding hydrogens is 466 g/mol. The fourth-order valence-corrected chi connectivity index (χ4v) is 5.68. The first-order valence-electron chi connectivity index (χ1n) is 11.1. The van der Waals surface area contributed by atoms with E-state index in [1.165, 1.54) is 23.9 Å². The van der Waals surface area contributed by atoms with E-state index in [4.69, 9.17) is 0 Å². The zero-order chi connectivity index (χ0) is 24.2. The van der Waals surface area contributed by atoms with Gasteiger partial charge in [0.15, 0.2) is 0 Å². The first kappa shape index (κ1) is 21.2. The van der Waals surface area contributed by atoms with Crippen molar-refractivity contribution in [1.82, 2.24) is 19.9 Å². The third kappa shape index (κ3) is 3.77. The number of fused-ring (bicyclic) bond motifs is 4. The van der Waals surface area contributed by atoms with Gasteiger partial charge in [-0.15, -0.1) is 0 Å². The Labute approximate surface area is 199 Å². The fraction of sp³-hybridized carbons (Fsp3) is 0.120. The summed E-state index contributed by atoms with van der Waals surface area (Å²) < 4.78 is 28.2. The second-order valence-corrected chi connectivity index (χ2v) is 10.3. The van der Waals surface area contributed by atoms with E-state index in [9.17, 15) is 18.0 Å². The van der Waals surface area contributed by atoms with Crippen molar-refractivity contribution in [2.45, 2.75) is 17.9 Å². The Balaban J connectivity index is 1.19. The molecule has 0 aliphatic carbocycles. The number of para-hydroxylation sites is 1. The first-order chi connectivity index (χ1) is 16.9. The van der Waals surface area contributed by atoms with Crippen molar-refractivity contribution in [2.75, 3.05) is 11.3 Å². The van der Waals surface area contributed by atoms with Crippen LogP contribution < -0.4 is 10.4 Å². The average molecular weight is 488 g/mol. The highest BCUT2D eigenvalue weighted by Gasteiger charge is 2.25. The van der Waals surface area contributed by atoms with Crippen LogP contribution in [0.25, 0.3) is 21.9 Å². The number of hydrogen-bond acceptors (Lipinski definition) is 4. The molecule has 0 spiro atoms. The number of sulfonamides is 1. The smallest absolute Gasteiger partial charge is 0.323 e. The van der Waals surface area contributed by atoms with Crippen molar-refractivity contribution in [1.29, 1.82) is 0 Å². The lowest BCUT2D eigenvalue weighted by molar-refractivity contribution is 0.0735. The SMILES string of the molecule is O=C(c1ccc(NS(=O)(=O)c2ccc3[nH]c(=O)[nH]c3c2)cc1)N1CCc2[nH]c3ccccc3c2C1. The molecule has 0 radical (unpaired) electrons. The van der Waals surface area contributed by atoms with Crippen molar-refractivity contribution in [3.8, 4) is 0 Å². The summed E-state index contributed by atoms with van der Waals surface area (Å²) in [6, 6.07) is 18.8. The van der Waals surface area contributed by atoms with Gasteiger partial charge < -0.3 is 19.9 Å². The average Bonchev–Trinajstić information content (AvgIpc) is 3.42. The van der Waals surface area contributed by atoms with Crippen LogP contribution in [0.2, 0.25) is 0 Å². The molecule has 0 atom stereocenters. The van der Waals surface area contributed by atoms with Crippen LogP contribution in [0.15, 0.2) is 76.4 Å². The Morgan fingerprint density at radius 3 is 2.49 bits per heavy atom. The molecule has 35 heavy (non-hydrogen) atoms. The van der Waals surface area contributed by atoms with Crippen LogP contribution >= 0.6 is 0 Å². The highest BCUT2D eigenvalue weighted by atomic mass is 32.2. The number of aromatic amines is 3. The Morgan fingerprint density at radius 1 is 0.886 bits per heavy atom. The molecule has 1 amide bonds. The Hall–Kier alpha value is -4.31. The molecule has 1 aliphatic heterocycles. The number of carbonyl (C=O) groups is 1. The zero-order valence-electron chi connectivity index (χ0n) is 18.5. The molecule has 0 bridgehead atoms. The first-order valence-corrected chi connectivity index (χ1v) is 12.6. The minimum atomic E-state index is -3.88. The van der Waals surface area contributed by atoms with Crippen molar-refractivity contribution < 1.29 is 13.2 Å². The number of rotatable bonds is 4. The summed E-state index contributed by atoms with van der Waals surface area (Å²) in [4.78, 5) is 35.0. The van der Waals surface area contributed by atoms with Gasteiger partial charge in [0.25, 0.3) is 15.9 Å². The van der Waals surface area contributed by atoms with Gasteiger partial charge in [0.05, 0.1) is 15.9 Å². The molecule has 6 rings (SSSR count). The fourth-order valence-electron chi connectivity index (χ4n) is 4.60. The van der Waals surface area contributed by atoms with Crippen LogP contribution in [0, 0.1) is 0 Å². The molecule has 3 aromatic carbocycles. The third-order valence-electron chi connectivity index (χ3n) is 6.35. The lowest BCUT2D eigenvalue weighted by Crippen LogP contribution is -2.35. The quantitative estimate of drug-likeness (QED) is 0.310. The Bertz CT molecular complexity index is 1760. The number of hydrogen-bond donors (Lipinski definition) is 4. The second-order valence-electron chi connectivity index (χ2n) is 8.57. The maximum atomic E-state index is 13.2. The van der Waals surface area contributed by atoms with E-state index in [0.29, 0.717) is 35.4 Å². The number of carbonyl (C=O) groups excluding carboxylic acids is 1. The predicted molar refractivity (Wildman–Crippen MR) is 133 cm³/mol. The Morgan fingerprint density at radius 2 is 1.66 bits per heavy atom. The van der Waals surface area contributed by atoms with Crippen LogP contribution in [0.4, 0.5) is 5.69 Å². The van der Waals surface area contributed by atoms with Crippen molar-refractivity contribution >= 4 is 43.6 Å². The minimum absolute atomic E-state index is 0.0169. The van der Waals surface area contributed by atoms with Crippen LogP contribution in [-0.2, 0) is 23.0 Å². The van der Waals surface area contributed by atoms with Gasteiger partial charge in [-0.25, -0.2) is 13.2 Å². The summed E-state index contributed by atoms with van der Waals surface area (Å²) in [5, 5.41) is 1.13. The molecule has 10 heteroatoms. The van der Waals surface area contributed by atoms with E-state index in [1.54, 1.807) is 24.3 Å². The molecule has 0 unspecified atom stereocenters. The molecule has 0 saturated heterocycles. The van der Waals surface area contributed by atoms with Crippen LogP contribution in [0.1, 0.15) is 21.6 Å². The van der Waals surface area contributed by atoms with E-state index in [1.807, 2.05) is 23.1 Å². The highest BCUT2D eigenvalue weighted by molar-refractivity contribution is 7.92. The van der Waals surface area contributed by atoms with E-state index in [-0.39, 0.29) is 10.8 Å². The molecular formula is C25H21N5O4S. The van der Waals surface area contributed by atoms with Crippen molar-refractivity contribution in [3.05, 3.63) is 94.0 Å². The largest absolute Gasteiger partial charge is 0.358 e. The molecule has 2 aromatic heterocycles. The van der Waals surface area contributed by atoms with Gasteiger partial charge in [0.2, 0.25) is 0 Å². The van der Waals surface area contributed by atoms with Gasteiger partial charge in [-0.3, -0.25) is 9.52 Å². The van der Waals surface area contributed by atoms with Gasteiger partial charge in [-0.1, -0.05) is 18.2 Å². The number of aromatic nitrogens is 3. The molecule has 4 N–H and O–H groups in total. The predicted octanol–water partition coefficient (Wildman–Crippen LogP) is 3.34. The lowest BCUT2D eigenvalue weighted by atomic mass is 10.0. The van der Waals surface area contributed by atoms with Gasteiger partial charge in [0.1, 0.15) is 0 Å². The summed E-state index contributed by atoms with van der Waals surface area (Å²) in [5.41, 5.74) is 4.73. The summed E-state index contributed by atoms with van der Waals surface area (Å²) in [5.74, 6) is -0.0998. The summed E-state index contributed by atoms with van der Waals surface area (Å²) in [7, 11) is -3.88. The normalized spacial score (nSPS) is 13.8. The number of amides is 1. The van der Waals surface area contributed by atoms with Crippen molar-refractivity contribution in [3.63, 3.8) is 0 Å². The van der Waals surface area contributed by atoms with Gasteiger partial charge in [0, 0.05) is 52.9 Å². The number of nitrogens with one attached hydrogen (secondary N) is 4. The monoisotopic (exact) mass is 487 g/mol. The van der Waals surface area contributed by atoms with Gasteiger partial charge in [-0.2, -0.15) is 0 Å². The van der Waals surface area contributed by atoms with E-state index in [2.05, 4.69) is 25.7 Å². The summed E-state index contributed by atoms with van der Waals surface area (Å²) >= 11 is 0. The molecule has 0 saturated carbocycles. The van der Waals surface area contributed by atoms with E-state index in [0.717, 1.165) is 22.9 Å². The molecule has 9 nitrogen and oxygen atoms in total. The summed E-state index contributed by atoms with van der Waals surface area (Å²) in [6.07, 6.45) is 0.754. The summed E-state index contributed by atoms with van der Waals surface area (Å²) in [6.45, 7) is 1.13. The highest BCUT2D eigenvalue weighted by Crippen LogP contribution is 2.28. The lowest BCUT2D eigenvalue weighted by Gasteiger charge is -2.27. The third-order valence-corrected chi connectivity index (χ3v) is 7.73. The van der Waals surface area contributed by atoms with E-state index < -0.39 is 15.7 Å². The van der Waals surface area contributed by atoms with E-state index >= 15 is 0 Å². The maximum Gasteiger partial charge on any atom is 0.323 e. The van der Waals surface area contributed by atoms with Crippen LogP contribution in [-0.4, -0.2) is 40.7 Å². The molecule has 3 heterocycles. The van der Waals surface area contributed by atoms with Crippen LogP contribution in [0.5, 0.6) is 0 Å². The van der Waals surface area contributed by atoms with Gasteiger partial charge in [-0.05, 0) is 48.5 Å². The topological polar surface area (TPSA) is 131 Å². The Kier molecular flexibility index (Phi) is 4.78. The molecule has 1 aliphatic rings. The standard InChI is InChI=1S/C25H21N5O4S/c31-24(30-12-11-21-19(14-30)18-3-1-2-4-20(18)26-21)15-5-7-16(8-6-15)29-35(33,34)17-9-10-22-23(13-17)28-25(32)27-22/h1-10,13,26,29H,11-12,14H2,(H2,27,28,32). The molecule has 176 valence electrons.